The van der Waals surface area contributed by atoms with Crippen molar-refractivity contribution < 1.29 is 14.3 Å². The van der Waals surface area contributed by atoms with Gasteiger partial charge in [-0.3, -0.25) is 0 Å². The first-order valence-corrected chi connectivity index (χ1v) is 10.9. The van der Waals surface area contributed by atoms with E-state index in [9.17, 15) is 9.90 Å². The quantitative estimate of drug-likeness (QED) is 0.366. The Hall–Kier alpha value is -4.05. The molecule has 0 radical (unpaired) electrons. The molecule has 1 aromatic heterocycles. The number of rotatable bonds is 3. The molecule has 4 aromatic rings. The molecule has 0 aliphatic carbocycles. The molecule has 1 N–H and O–H groups in total. The average Bonchev–Trinajstić information content (AvgIpc) is 2.80. The Kier molecular flexibility index (Phi) is 4.94. The van der Waals surface area contributed by atoms with Gasteiger partial charge in [-0.15, -0.1) is 0 Å². The van der Waals surface area contributed by atoms with Crippen molar-refractivity contribution in [2.24, 2.45) is 0 Å². The fourth-order valence-electron chi connectivity index (χ4n) is 4.64. The van der Waals surface area contributed by atoms with E-state index in [4.69, 9.17) is 9.15 Å². The van der Waals surface area contributed by atoms with Crippen LogP contribution in [0.1, 0.15) is 40.7 Å². The summed E-state index contributed by atoms with van der Waals surface area (Å²) in [5.41, 5.74) is 5.47. The van der Waals surface area contributed by atoms with E-state index in [2.05, 4.69) is 12.6 Å². The van der Waals surface area contributed by atoms with Gasteiger partial charge in [0.05, 0.1) is 10.9 Å². The minimum atomic E-state index is -0.617. The number of fused-ring (bicyclic) bond motifs is 2. The van der Waals surface area contributed by atoms with Crippen LogP contribution in [-0.4, -0.2) is 5.11 Å². The van der Waals surface area contributed by atoms with Gasteiger partial charge in [-0.1, -0.05) is 60.2 Å². The Morgan fingerprint density at radius 1 is 0.909 bits per heavy atom. The van der Waals surface area contributed by atoms with Gasteiger partial charge < -0.3 is 14.3 Å². The van der Waals surface area contributed by atoms with Gasteiger partial charge in [-0.05, 0) is 56.2 Å². The number of hydrogen-bond acceptors (Lipinski definition) is 4. The molecule has 0 amide bonds. The molecule has 1 atom stereocenters. The van der Waals surface area contributed by atoms with Crippen LogP contribution in [0.2, 0.25) is 0 Å². The first-order chi connectivity index (χ1) is 15.8. The number of hydrogen-bond donors (Lipinski definition) is 1. The van der Waals surface area contributed by atoms with Gasteiger partial charge in [0, 0.05) is 17.1 Å². The third-order valence-electron chi connectivity index (χ3n) is 6.25. The van der Waals surface area contributed by atoms with Crippen LogP contribution in [0.3, 0.4) is 0 Å². The molecule has 1 aliphatic heterocycles. The lowest BCUT2D eigenvalue weighted by atomic mass is 9.79. The molecule has 4 heteroatoms. The molecule has 0 saturated heterocycles. The van der Waals surface area contributed by atoms with Crippen LogP contribution in [0.25, 0.3) is 16.5 Å². The molecule has 1 unspecified atom stereocenters. The highest BCUT2D eigenvalue weighted by atomic mass is 16.5. The van der Waals surface area contributed by atoms with Crippen molar-refractivity contribution >= 4 is 16.5 Å². The first kappa shape index (κ1) is 20.8. The van der Waals surface area contributed by atoms with Crippen LogP contribution < -0.4 is 10.4 Å². The molecule has 0 fully saturated rings. The van der Waals surface area contributed by atoms with Gasteiger partial charge in [0.1, 0.15) is 22.8 Å². The van der Waals surface area contributed by atoms with E-state index in [0.29, 0.717) is 16.7 Å². The van der Waals surface area contributed by atoms with Crippen LogP contribution in [0.4, 0.5) is 0 Å². The van der Waals surface area contributed by atoms with Crippen molar-refractivity contribution in [3.8, 4) is 11.5 Å². The number of ether oxygens (including phenoxy) is 1. The van der Waals surface area contributed by atoms with Crippen LogP contribution in [0, 0.1) is 13.8 Å². The largest absolute Gasteiger partial charge is 0.507 e. The van der Waals surface area contributed by atoms with E-state index in [-0.39, 0.29) is 11.3 Å². The zero-order valence-corrected chi connectivity index (χ0v) is 18.8. The minimum absolute atomic E-state index is 0.0815. The SMILES string of the molecule is C=C1Oc2ccc(C)cc2C(C)=C1C(c1ccccc1)c1c(O)c2cc(C)ccc2oc1=O. The number of benzene rings is 3. The summed E-state index contributed by atoms with van der Waals surface area (Å²) in [6.07, 6.45) is 0. The van der Waals surface area contributed by atoms with E-state index < -0.39 is 11.5 Å². The summed E-state index contributed by atoms with van der Waals surface area (Å²) in [5.74, 6) is 0.473. The molecule has 4 nitrogen and oxygen atoms in total. The highest BCUT2D eigenvalue weighted by Crippen LogP contribution is 2.47. The average molecular weight is 437 g/mol. The molecule has 0 saturated carbocycles. The van der Waals surface area contributed by atoms with Crippen LogP contribution >= 0.6 is 0 Å². The van der Waals surface area contributed by atoms with E-state index >= 15 is 0 Å². The van der Waals surface area contributed by atoms with E-state index in [1.165, 1.54) is 0 Å². The molecular weight excluding hydrogens is 412 g/mol. The first-order valence-electron chi connectivity index (χ1n) is 10.9. The monoisotopic (exact) mass is 436 g/mol. The summed E-state index contributed by atoms with van der Waals surface area (Å²) in [4.78, 5) is 13.3. The van der Waals surface area contributed by atoms with Gasteiger partial charge in [-0.25, -0.2) is 4.79 Å². The Bertz CT molecular complexity index is 1510. The Labute approximate surface area is 192 Å². The topological polar surface area (TPSA) is 59.7 Å². The maximum Gasteiger partial charge on any atom is 0.344 e. The number of allylic oxidation sites excluding steroid dienone is 2. The Morgan fingerprint density at radius 2 is 1.61 bits per heavy atom. The highest BCUT2D eigenvalue weighted by Gasteiger charge is 2.34. The third-order valence-corrected chi connectivity index (χ3v) is 6.25. The van der Waals surface area contributed by atoms with Crippen molar-refractivity contribution in [2.75, 3.05) is 0 Å². The van der Waals surface area contributed by atoms with E-state index in [0.717, 1.165) is 39.1 Å². The molecule has 0 spiro atoms. The molecule has 2 heterocycles. The fourth-order valence-corrected chi connectivity index (χ4v) is 4.64. The molecule has 164 valence electrons. The maximum absolute atomic E-state index is 13.3. The number of aromatic hydroxyl groups is 1. The smallest absolute Gasteiger partial charge is 0.344 e. The molecule has 3 aromatic carbocycles. The lowest BCUT2D eigenvalue weighted by molar-refractivity contribution is 0.421. The molecule has 33 heavy (non-hydrogen) atoms. The van der Waals surface area contributed by atoms with Gasteiger partial charge in [0.2, 0.25) is 0 Å². The second-order valence-corrected chi connectivity index (χ2v) is 8.56. The predicted octanol–water partition coefficient (Wildman–Crippen LogP) is 6.63. The minimum Gasteiger partial charge on any atom is -0.507 e. The molecular formula is C29H24O4. The van der Waals surface area contributed by atoms with Crippen molar-refractivity contribution in [3.05, 3.63) is 123 Å². The Morgan fingerprint density at radius 3 is 2.36 bits per heavy atom. The van der Waals surface area contributed by atoms with Gasteiger partial charge >= 0.3 is 5.63 Å². The highest BCUT2D eigenvalue weighted by molar-refractivity contribution is 5.86. The van der Waals surface area contributed by atoms with Gasteiger partial charge in [0.15, 0.2) is 0 Å². The summed E-state index contributed by atoms with van der Waals surface area (Å²) in [5, 5.41) is 11.9. The second kappa shape index (κ2) is 7.82. The summed E-state index contributed by atoms with van der Waals surface area (Å²) in [6.45, 7) is 10.1. The molecule has 0 bridgehead atoms. The molecule has 5 rings (SSSR count). The van der Waals surface area contributed by atoms with Crippen molar-refractivity contribution in [2.45, 2.75) is 26.7 Å². The third kappa shape index (κ3) is 3.44. The van der Waals surface area contributed by atoms with Crippen molar-refractivity contribution in [3.63, 3.8) is 0 Å². The fraction of sp³-hybridized carbons (Fsp3) is 0.138. The second-order valence-electron chi connectivity index (χ2n) is 8.56. The molecule has 1 aliphatic rings. The predicted molar refractivity (Wildman–Crippen MR) is 131 cm³/mol. The van der Waals surface area contributed by atoms with Crippen LogP contribution in [0.15, 0.2) is 93.9 Å². The van der Waals surface area contributed by atoms with Gasteiger partial charge in [0.25, 0.3) is 0 Å². The van der Waals surface area contributed by atoms with Crippen LogP contribution in [0.5, 0.6) is 11.5 Å². The summed E-state index contributed by atoms with van der Waals surface area (Å²) in [7, 11) is 0. The lowest BCUT2D eigenvalue weighted by Crippen LogP contribution is -2.21. The Balaban J connectivity index is 1.86. The standard InChI is InChI=1S/C29H24O4/c1-16-10-12-23-21(14-16)18(3)25(19(4)32-23)26(20-8-6-5-7-9-20)27-28(30)22-15-17(2)11-13-24(22)33-29(27)31/h5-15,26,30H,4H2,1-3H3. The van der Waals surface area contributed by atoms with E-state index in [1.807, 2.05) is 75.4 Å². The zero-order chi connectivity index (χ0) is 23.3. The summed E-state index contributed by atoms with van der Waals surface area (Å²) >= 11 is 0. The van der Waals surface area contributed by atoms with Crippen molar-refractivity contribution in [1.29, 1.82) is 0 Å². The summed E-state index contributed by atoms with van der Waals surface area (Å²) in [6, 6.07) is 21.0. The maximum atomic E-state index is 13.3. The summed E-state index contributed by atoms with van der Waals surface area (Å²) < 4.78 is 11.8. The van der Waals surface area contributed by atoms with Gasteiger partial charge in [-0.2, -0.15) is 0 Å². The zero-order valence-electron chi connectivity index (χ0n) is 18.8. The van der Waals surface area contributed by atoms with Crippen LogP contribution in [-0.2, 0) is 0 Å². The van der Waals surface area contributed by atoms with E-state index in [1.54, 1.807) is 6.07 Å². The number of aryl methyl sites for hydroxylation is 2. The normalized spacial score (nSPS) is 14.2. The van der Waals surface area contributed by atoms with Crippen molar-refractivity contribution in [1.82, 2.24) is 0 Å². The lowest BCUT2D eigenvalue weighted by Gasteiger charge is -2.30.